The topological polar surface area (TPSA) is 108 Å². The number of benzene rings is 3. The first-order valence-electron chi connectivity index (χ1n) is 9.37. The molecule has 0 aliphatic heterocycles. The van der Waals surface area contributed by atoms with Gasteiger partial charge in [-0.3, -0.25) is 14.4 Å². The highest BCUT2D eigenvalue weighted by Crippen LogP contribution is 2.29. The van der Waals surface area contributed by atoms with Gasteiger partial charge >= 0.3 is 5.97 Å². The minimum absolute atomic E-state index is 0.00635. The maximum absolute atomic E-state index is 13.0. The minimum Gasteiger partial charge on any atom is -0.439 e. The lowest BCUT2D eigenvalue weighted by molar-refractivity contribution is 0.0334. The predicted octanol–water partition coefficient (Wildman–Crippen LogP) is 2.38. The molecule has 3 aromatic carbocycles. The molecule has 0 unspecified atom stereocenters. The van der Waals surface area contributed by atoms with Crippen LogP contribution in [-0.2, 0) is 11.5 Å². The molecule has 1 aliphatic rings. The smallest absolute Gasteiger partial charge is 0.340 e. The van der Waals surface area contributed by atoms with E-state index < -0.39 is 24.0 Å². The van der Waals surface area contributed by atoms with Gasteiger partial charge in [0, 0.05) is 22.3 Å². The van der Waals surface area contributed by atoms with Gasteiger partial charge in [-0.25, -0.2) is 4.79 Å². The van der Waals surface area contributed by atoms with E-state index in [4.69, 9.17) is 4.74 Å². The molecule has 0 amide bonds. The first-order valence-corrected chi connectivity index (χ1v) is 9.37. The highest BCUT2D eigenvalue weighted by atomic mass is 16.5. The Morgan fingerprint density at radius 2 is 1.48 bits per heavy atom. The van der Waals surface area contributed by atoms with Crippen LogP contribution in [0.25, 0.3) is 10.9 Å². The normalized spacial score (nSPS) is 12.4. The van der Waals surface area contributed by atoms with Crippen LogP contribution in [0.3, 0.4) is 0 Å². The van der Waals surface area contributed by atoms with Crippen LogP contribution >= 0.6 is 0 Å². The Kier molecular flexibility index (Phi) is 4.25. The Bertz CT molecular complexity index is 1470. The molecule has 8 nitrogen and oxygen atoms in total. The van der Waals surface area contributed by atoms with E-state index in [-0.39, 0.29) is 28.0 Å². The van der Waals surface area contributed by atoms with Gasteiger partial charge in [-0.2, -0.15) is 4.68 Å². The van der Waals surface area contributed by atoms with Crippen LogP contribution in [0, 0.1) is 0 Å². The van der Waals surface area contributed by atoms with Gasteiger partial charge < -0.3 is 4.74 Å². The molecular formula is C23H13N3O5. The summed E-state index contributed by atoms with van der Waals surface area (Å²) >= 11 is 0. The molecule has 0 atom stereocenters. The number of esters is 1. The van der Waals surface area contributed by atoms with Gasteiger partial charge in [0.25, 0.3) is 5.56 Å². The van der Waals surface area contributed by atoms with Gasteiger partial charge in [-0.1, -0.05) is 53.7 Å². The summed E-state index contributed by atoms with van der Waals surface area (Å²) in [7, 11) is 0. The number of aromatic nitrogens is 3. The van der Waals surface area contributed by atoms with Crippen molar-refractivity contribution in [3.05, 3.63) is 105 Å². The number of ether oxygens (including phenoxy) is 1. The SMILES string of the molecule is O=C(OCn1nnc2ccccc2c1=O)c1cccc2c1C(=O)c1ccccc1C2=O. The maximum atomic E-state index is 13.0. The van der Waals surface area contributed by atoms with Crippen molar-refractivity contribution in [1.29, 1.82) is 0 Å². The van der Waals surface area contributed by atoms with E-state index in [1.165, 1.54) is 18.2 Å². The van der Waals surface area contributed by atoms with Crippen LogP contribution in [0.5, 0.6) is 0 Å². The largest absolute Gasteiger partial charge is 0.439 e. The lowest BCUT2D eigenvalue weighted by Crippen LogP contribution is -2.28. The Morgan fingerprint density at radius 1 is 0.806 bits per heavy atom. The van der Waals surface area contributed by atoms with Crippen LogP contribution in [-0.4, -0.2) is 32.5 Å². The van der Waals surface area contributed by atoms with Gasteiger partial charge in [0.2, 0.25) is 0 Å². The van der Waals surface area contributed by atoms with Gasteiger partial charge in [-0.05, 0) is 18.2 Å². The lowest BCUT2D eigenvalue weighted by Gasteiger charge is -2.19. The zero-order chi connectivity index (χ0) is 21.5. The quantitative estimate of drug-likeness (QED) is 0.419. The summed E-state index contributed by atoms with van der Waals surface area (Å²) in [5.41, 5.74) is 0.574. The molecule has 0 spiro atoms. The fourth-order valence-electron chi connectivity index (χ4n) is 3.62. The molecule has 0 N–H and O–H groups in total. The molecule has 0 bridgehead atoms. The third-order valence-electron chi connectivity index (χ3n) is 5.12. The summed E-state index contributed by atoms with van der Waals surface area (Å²) in [5, 5.41) is 8.04. The monoisotopic (exact) mass is 411 g/mol. The van der Waals surface area contributed by atoms with Crippen LogP contribution in [0.15, 0.2) is 71.5 Å². The number of hydrogen-bond donors (Lipinski definition) is 0. The van der Waals surface area contributed by atoms with Crippen molar-refractivity contribution < 1.29 is 19.1 Å². The summed E-state index contributed by atoms with van der Waals surface area (Å²) in [6, 6.07) is 17.5. The number of ketones is 2. The lowest BCUT2D eigenvalue weighted by atomic mass is 9.82. The second kappa shape index (κ2) is 7.10. The first kappa shape index (κ1) is 18.6. The molecule has 150 valence electrons. The number of fused-ring (bicyclic) bond motifs is 3. The summed E-state index contributed by atoms with van der Waals surface area (Å²) in [6.07, 6.45) is 0. The van der Waals surface area contributed by atoms with E-state index in [1.54, 1.807) is 48.5 Å². The minimum atomic E-state index is -0.848. The van der Waals surface area contributed by atoms with Crippen LogP contribution in [0.4, 0.5) is 0 Å². The highest BCUT2D eigenvalue weighted by Gasteiger charge is 2.33. The standard InChI is InChI=1S/C23H13N3O5/c27-20-13-6-1-2-7-14(13)21(28)19-16(20)9-5-10-17(19)23(30)31-12-26-22(29)15-8-3-4-11-18(15)24-25-26/h1-11H,12H2. The predicted molar refractivity (Wildman–Crippen MR) is 109 cm³/mol. The Morgan fingerprint density at radius 3 is 2.29 bits per heavy atom. The summed E-state index contributed by atoms with van der Waals surface area (Å²) in [6.45, 7) is -0.488. The first-order chi connectivity index (χ1) is 15.1. The average Bonchev–Trinajstić information content (AvgIpc) is 2.81. The zero-order valence-corrected chi connectivity index (χ0v) is 15.9. The van der Waals surface area contributed by atoms with E-state index in [9.17, 15) is 19.2 Å². The molecule has 1 heterocycles. The van der Waals surface area contributed by atoms with Gasteiger partial charge in [0.05, 0.1) is 10.9 Å². The molecular weight excluding hydrogens is 398 g/mol. The molecule has 0 saturated heterocycles. The molecule has 8 heteroatoms. The number of nitrogens with zero attached hydrogens (tertiary/aromatic N) is 3. The molecule has 5 rings (SSSR count). The molecule has 4 aromatic rings. The number of rotatable bonds is 3. The zero-order valence-electron chi connectivity index (χ0n) is 15.9. The molecule has 0 fully saturated rings. The van der Waals surface area contributed by atoms with Gasteiger partial charge in [0.1, 0.15) is 5.52 Å². The fourth-order valence-corrected chi connectivity index (χ4v) is 3.62. The van der Waals surface area contributed by atoms with E-state index in [0.717, 1.165) is 4.68 Å². The number of carbonyl (C=O) groups excluding carboxylic acids is 3. The maximum Gasteiger partial charge on any atom is 0.340 e. The number of carbonyl (C=O) groups is 3. The summed E-state index contributed by atoms with van der Waals surface area (Å²) in [5.74, 6) is -1.61. The summed E-state index contributed by atoms with van der Waals surface area (Å²) < 4.78 is 6.15. The Hall–Kier alpha value is -4.46. The average molecular weight is 411 g/mol. The van der Waals surface area contributed by atoms with E-state index in [1.807, 2.05) is 0 Å². The van der Waals surface area contributed by atoms with Gasteiger partial charge in [0.15, 0.2) is 18.3 Å². The van der Waals surface area contributed by atoms with Gasteiger partial charge in [-0.15, -0.1) is 5.10 Å². The van der Waals surface area contributed by atoms with Crippen LogP contribution in [0.2, 0.25) is 0 Å². The highest BCUT2D eigenvalue weighted by molar-refractivity contribution is 6.30. The van der Waals surface area contributed by atoms with Crippen molar-refractivity contribution >= 4 is 28.4 Å². The third kappa shape index (κ3) is 2.93. The molecule has 0 radical (unpaired) electrons. The molecule has 1 aliphatic carbocycles. The number of hydrogen-bond acceptors (Lipinski definition) is 7. The van der Waals surface area contributed by atoms with E-state index in [0.29, 0.717) is 16.5 Å². The van der Waals surface area contributed by atoms with Crippen molar-refractivity contribution in [1.82, 2.24) is 15.0 Å². The molecule has 0 saturated carbocycles. The molecule has 31 heavy (non-hydrogen) atoms. The third-order valence-corrected chi connectivity index (χ3v) is 5.12. The Balaban J connectivity index is 1.48. The van der Waals surface area contributed by atoms with E-state index in [2.05, 4.69) is 10.3 Å². The second-order valence-electron chi connectivity index (χ2n) is 6.90. The van der Waals surface area contributed by atoms with Crippen molar-refractivity contribution in [2.45, 2.75) is 6.73 Å². The van der Waals surface area contributed by atoms with Crippen molar-refractivity contribution in [3.8, 4) is 0 Å². The van der Waals surface area contributed by atoms with Crippen molar-refractivity contribution in [2.75, 3.05) is 0 Å². The molecule has 1 aromatic heterocycles. The van der Waals surface area contributed by atoms with Crippen molar-refractivity contribution in [2.24, 2.45) is 0 Å². The summed E-state index contributed by atoms with van der Waals surface area (Å²) in [4.78, 5) is 51.1. The van der Waals surface area contributed by atoms with Crippen LogP contribution in [0.1, 0.15) is 42.2 Å². The second-order valence-corrected chi connectivity index (χ2v) is 6.90. The van der Waals surface area contributed by atoms with Crippen LogP contribution < -0.4 is 5.56 Å². The van der Waals surface area contributed by atoms with Crippen molar-refractivity contribution in [3.63, 3.8) is 0 Å². The van der Waals surface area contributed by atoms with E-state index >= 15 is 0 Å². The fraction of sp³-hybridized carbons (Fsp3) is 0.0435. The Labute approximate surface area is 174 Å².